The highest BCUT2D eigenvalue weighted by molar-refractivity contribution is 7.21. The van der Waals surface area contributed by atoms with Crippen molar-refractivity contribution < 1.29 is 14.6 Å². The van der Waals surface area contributed by atoms with Crippen LogP contribution in [0.5, 0.6) is 0 Å². The molecule has 1 aromatic carbocycles. The third kappa shape index (κ3) is 4.46. The second-order valence-electron chi connectivity index (χ2n) is 9.62. The van der Waals surface area contributed by atoms with E-state index in [2.05, 4.69) is 21.7 Å². The molecule has 3 aromatic heterocycles. The van der Waals surface area contributed by atoms with Gasteiger partial charge in [0.15, 0.2) is 5.79 Å². The lowest BCUT2D eigenvalue weighted by Crippen LogP contribution is -2.35. The van der Waals surface area contributed by atoms with Crippen molar-refractivity contribution in [3.8, 4) is 10.6 Å². The van der Waals surface area contributed by atoms with E-state index >= 15 is 0 Å². The van der Waals surface area contributed by atoms with Gasteiger partial charge in [-0.25, -0.2) is 15.0 Å². The molecule has 4 atom stereocenters. The fourth-order valence-electron chi connectivity index (χ4n) is 5.07. The number of ether oxygens (including phenoxy) is 2. The number of benzene rings is 1. The first kappa shape index (κ1) is 23.7. The molecule has 11 heteroatoms. The van der Waals surface area contributed by atoms with Crippen LogP contribution in [0.15, 0.2) is 35.8 Å². The van der Waals surface area contributed by atoms with Gasteiger partial charge in [-0.3, -0.25) is 0 Å². The summed E-state index contributed by atoms with van der Waals surface area (Å²) in [4.78, 5) is 18.9. The van der Waals surface area contributed by atoms with Crippen LogP contribution in [0.2, 0.25) is 0 Å². The van der Waals surface area contributed by atoms with E-state index in [1.807, 2.05) is 44.4 Å². The fraction of sp³-hybridized carbons (Fsp3) is 0.440. The predicted octanol–water partition coefficient (Wildman–Crippen LogP) is 4.44. The van der Waals surface area contributed by atoms with Crippen molar-refractivity contribution in [1.82, 2.24) is 19.9 Å². The van der Waals surface area contributed by atoms with Gasteiger partial charge in [0, 0.05) is 24.1 Å². The van der Waals surface area contributed by atoms with E-state index in [0.717, 1.165) is 31.5 Å². The molecule has 0 unspecified atom stereocenters. The minimum Gasteiger partial charge on any atom is -0.396 e. The SMILES string of the molecule is Cc1nc(NCc2nccs2)nc(N[C@@H]2C[C@H](CO)[C@H]3OC(C)(C)O[C@H]32)c1-c1nc2ccccc2s1. The van der Waals surface area contributed by atoms with Crippen LogP contribution < -0.4 is 10.6 Å². The number of anilines is 2. The van der Waals surface area contributed by atoms with Crippen LogP contribution >= 0.6 is 22.7 Å². The number of aliphatic hydroxyl groups is 1. The molecule has 2 aliphatic rings. The molecule has 1 saturated carbocycles. The van der Waals surface area contributed by atoms with Gasteiger partial charge in [0.05, 0.1) is 40.2 Å². The first-order valence-corrected chi connectivity index (χ1v) is 13.7. The molecule has 9 nitrogen and oxygen atoms in total. The second kappa shape index (κ2) is 9.31. The smallest absolute Gasteiger partial charge is 0.225 e. The number of aryl methyl sites for hydroxylation is 1. The normalized spacial score (nSPS) is 24.8. The van der Waals surface area contributed by atoms with Crippen molar-refractivity contribution in [1.29, 1.82) is 0 Å². The quantitative estimate of drug-likeness (QED) is 0.323. The number of thiazole rings is 2. The molecule has 2 fully saturated rings. The van der Waals surface area contributed by atoms with Crippen LogP contribution in [0.25, 0.3) is 20.8 Å². The van der Waals surface area contributed by atoms with Crippen molar-refractivity contribution >= 4 is 44.7 Å². The standard InChI is InChI=1S/C25H28N6O3S2/c1-13-19(23-30-15-6-4-5-7-17(15)36-23)22(31-24(28-13)27-11-18-26-8-9-35-18)29-16-10-14(12-32)20-21(16)34-25(2,3)33-20/h4-9,14,16,20-21,32H,10-12H2,1-3H3,(H2,27,28,29,31)/t14-,16-,20-,21+/m1/s1. The van der Waals surface area contributed by atoms with Crippen molar-refractivity contribution in [3.05, 3.63) is 46.5 Å². The highest BCUT2D eigenvalue weighted by Crippen LogP contribution is 2.44. The first-order valence-electron chi connectivity index (χ1n) is 12.0. The number of hydrogen-bond acceptors (Lipinski definition) is 11. The number of aliphatic hydroxyl groups excluding tert-OH is 1. The summed E-state index contributed by atoms with van der Waals surface area (Å²) < 4.78 is 13.5. The minimum absolute atomic E-state index is 0.00870. The average Bonchev–Trinajstić information content (AvgIpc) is 3.62. The summed E-state index contributed by atoms with van der Waals surface area (Å²) in [5.41, 5.74) is 2.65. The first-order chi connectivity index (χ1) is 17.4. The van der Waals surface area contributed by atoms with Crippen LogP contribution in [0.4, 0.5) is 11.8 Å². The summed E-state index contributed by atoms with van der Waals surface area (Å²) in [6, 6.07) is 8.02. The second-order valence-corrected chi connectivity index (χ2v) is 11.6. The zero-order chi connectivity index (χ0) is 24.9. The zero-order valence-corrected chi connectivity index (χ0v) is 21.9. The maximum Gasteiger partial charge on any atom is 0.225 e. The van der Waals surface area contributed by atoms with E-state index in [9.17, 15) is 5.11 Å². The van der Waals surface area contributed by atoms with Gasteiger partial charge in [0.1, 0.15) is 21.9 Å². The third-order valence-corrected chi connectivity index (χ3v) is 8.45. The van der Waals surface area contributed by atoms with Crippen LogP contribution in [0.1, 0.15) is 31.0 Å². The van der Waals surface area contributed by atoms with Crippen molar-refractivity contribution in [2.24, 2.45) is 5.92 Å². The van der Waals surface area contributed by atoms with Gasteiger partial charge in [-0.2, -0.15) is 4.98 Å². The topological polar surface area (TPSA) is 114 Å². The van der Waals surface area contributed by atoms with Gasteiger partial charge in [-0.1, -0.05) is 12.1 Å². The van der Waals surface area contributed by atoms with Gasteiger partial charge >= 0.3 is 0 Å². The molecule has 0 bridgehead atoms. The maximum absolute atomic E-state index is 10.0. The number of nitrogens with zero attached hydrogens (tertiary/aromatic N) is 4. The highest BCUT2D eigenvalue weighted by Gasteiger charge is 2.54. The number of nitrogens with one attached hydrogen (secondary N) is 2. The number of rotatable bonds is 7. The van der Waals surface area contributed by atoms with E-state index < -0.39 is 5.79 Å². The van der Waals surface area contributed by atoms with Gasteiger partial charge in [0.25, 0.3) is 0 Å². The fourth-order valence-corrected chi connectivity index (χ4v) is 6.69. The van der Waals surface area contributed by atoms with Crippen molar-refractivity contribution in [2.75, 3.05) is 17.2 Å². The van der Waals surface area contributed by atoms with Crippen LogP contribution in [0, 0.1) is 12.8 Å². The lowest BCUT2D eigenvalue weighted by Gasteiger charge is -2.25. The average molecular weight is 525 g/mol. The van der Waals surface area contributed by atoms with Gasteiger partial charge < -0.3 is 25.2 Å². The molecule has 1 saturated heterocycles. The van der Waals surface area contributed by atoms with Gasteiger partial charge in [-0.15, -0.1) is 22.7 Å². The van der Waals surface area contributed by atoms with E-state index in [0.29, 0.717) is 24.7 Å². The van der Waals surface area contributed by atoms with Gasteiger partial charge in [-0.05, 0) is 39.3 Å². The summed E-state index contributed by atoms with van der Waals surface area (Å²) in [6.07, 6.45) is 2.14. The van der Waals surface area contributed by atoms with E-state index in [1.54, 1.807) is 28.9 Å². The number of para-hydroxylation sites is 1. The molecular formula is C25H28N6O3S2. The summed E-state index contributed by atoms with van der Waals surface area (Å²) in [7, 11) is 0. The summed E-state index contributed by atoms with van der Waals surface area (Å²) in [5, 5.41) is 20.7. The number of aromatic nitrogens is 4. The van der Waals surface area contributed by atoms with E-state index in [4.69, 9.17) is 24.4 Å². The van der Waals surface area contributed by atoms with Crippen LogP contribution in [-0.4, -0.2) is 55.7 Å². The van der Waals surface area contributed by atoms with Gasteiger partial charge in [0.2, 0.25) is 5.95 Å². The molecule has 6 rings (SSSR count). The Kier molecular flexibility index (Phi) is 6.12. The Morgan fingerprint density at radius 1 is 1.14 bits per heavy atom. The molecule has 4 heterocycles. The third-order valence-electron chi connectivity index (χ3n) is 6.62. The summed E-state index contributed by atoms with van der Waals surface area (Å²) in [6.45, 7) is 6.41. The Morgan fingerprint density at radius 2 is 1.97 bits per heavy atom. The molecule has 3 N–H and O–H groups in total. The Morgan fingerprint density at radius 3 is 2.75 bits per heavy atom. The molecule has 0 radical (unpaired) electrons. The predicted molar refractivity (Wildman–Crippen MR) is 141 cm³/mol. The lowest BCUT2D eigenvalue weighted by molar-refractivity contribution is -0.158. The molecule has 0 spiro atoms. The molecule has 4 aromatic rings. The minimum atomic E-state index is -0.693. The Hall–Kier alpha value is -2.70. The highest BCUT2D eigenvalue weighted by atomic mass is 32.1. The molecule has 36 heavy (non-hydrogen) atoms. The Labute approximate surface area is 217 Å². The largest absolute Gasteiger partial charge is 0.396 e. The zero-order valence-electron chi connectivity index (χ0n) is 20.3. The molecule has 188 valence electrons. The van der Waals surface area contributed by atoms with Crippen LogP contribution in [-0.2, 0) is 16.0 Å². The molecule has 0 amide bonds. The summed E-state index contributed by atoms with van der Waals surface area (Å²) >= 11 is 3.21. The number of hydrogen-bond donors (Lipinski definition) is 3. The lowest BCUT2D eigenvalue weighted by atomic mass is 10.1. The van der Waals surface area contributed by atoms with Crippen LogP contribution in [0.3, 0.4) is 0 Å². The van der Waals surface area contributed by atoms with Crippen molar-refractivity contribution in [2.45, 2.75) is 57.8 Å². The Balaban J connectivity index is 1.37. The monoisotopic (exact) mass is 524 g/mol. The maximum atomic E-state index is 10.0. The molecular weight excluding hydrogens is 496 g/mol. The Bertz CT molecular complexity index is 1340. The molecule has 1 aliphatic carbocycles. The summed E-state index contributed by atoms with van der Waals surface area (Å²) in [5.74, 6) is 0.512. The number of fused-ring (bicyclic) bond motifs is 2. The molecule has 1 aliphatic heterocycles. The van der Waals surface area contributed by atoms with Crippen molar-refractivity contribution in [3.63, 3.8) is 0 Å². The van der Waals surface area contributed by atoms with E-state index in [-0.39, 0.29) is 30.8 Å². The van der Waals surface area contributed by atoms with E-state index in [1.165, 1.54) is 0 Å².